The molecular formula is C6Br4NaO2. The zero-order valence-electron chi connectivity index (χ0n) is 6.33. The molecule has 2 nitrogen and oxygen atoms in total. The molecule has 0 amide bonds. The van der Waals surface area contributed by atoms with Crippen LogP contribution in [0, 0.1) is 0 Å². The maximum atomic E-state index is 11.3. The van der Waals surface area contributed by atoms with E-state index in [1.807, 2.05) is 0 Å². The molecule has 0 spiro atoms. The van der Waals surface area contributed by atoms with Crippen LogP contribution in [0.4, 0.5) is 0 Å². The second-order valence-electron chi connectivity index (χ2n) is 1.91. The average molecular weight is 447 g/mol. The summed E-state index contributed by atoms with van der Waals surface area (Å²) in [5.41, 5.74) is 0. The summed E-state index contributed by atoms with van der Waals surface area (Å²) in [6.07, 6.45) is 0. The van der Waals surface area contributed by atoms with Gasteiger partial charge in [-0.25, -0.2) is 0 Å². The van der Waals surface area contributed by atoms with Crippen LogP contribution in [0.5, 0.6) is 0 Å². The van der Waals surface area contributed by atoms with E-state index in [9.17, 15) is 9.59 Å². The fourth-order valence-electron chi connectivity index (χ4n) is 0.591. The number of halogens is 4. The van der Waals surface area contributed by atoms with Gasteiger partial charge >= 0.3 is 0 Å². The molecule has 0 N–H and O–H groups in total. The van der Waals surface area contributed by atoms with E-state index in [1.54, 1.807) is 0 Å². The molecule has 7 heteroatoms. The Kier molecular flexibility index (Phi) is 6.49. The molecule has 0 unspecified atom stereocenters. The average Bonchev–Trinajstić information content (AvgIpc) is 2.08. The minimum absolute atomic E-state index is 0. The Morgan fingerprint density at radius 3 is 0.923 bits per heavy atom. The SMILES string of the molecule is O=C1C(Br)=C(Br)C(=O)C(Br)=C1Br.[Na]. The van der Waals surface area contributed by atoms with Crippen molar-refractivity contribution in [3.8, 4) is 0 Å². The largest absolute Gasteiger partial charge is 0.287 e. The molecule has 1 aliphatic rings. The number of ketones is 2. The van der Waals surface area contributed by atoms with Crippen molar-refractivity contribution >= 4 is 105 Å². The van der Waals surface area contributed by atoms with Gasteiger partial charge in [0, 0.05) is 29.6 Å². The number of Topliss-reactive ketones (excluding diaryl/α,β-unsaturated/α-hetero) is 2. The third-order valence-electron chi connectivity index (χ3n) is 1.18. The summed E-state index contributed by atoms with van der Waals surface area (Å²) < 4.78 is 0.954. The molecule has 0 aromatic heterocycles. The van der Waals surface area contributed by atoms with E-state index >= 15 is 0 Å². The maximum Gasteiger partial charge on any atom is 0.209 e. The molecule has 0 heterocycles. The summed E-state index contributed by atoms with van der Waals surface area (Å²) in [6.45, 7) is 0. The monoisotopic (exact) mass is 443 g/mol. The number of allylic oxidation sites excluding steroid dienone is 4. The molecule has 65 valence electrons. The number of rotatable bonds is 0. The topological polar surface area (TPSA) is 34.1 Å². The Morgan fingerprint density at radius 1 is 0.615 bits per heavy atom. The van der Waals surface area contributed by atoms with Crippen molar-refractivity contribution in [3.05, 3.63) is 17.9 Å². The van der Waals surface area contributed by atoms with Crippen molar-refractivity contribution in [1.82, 2.24) is 0 Å². The standard InChI is InChI=1S/C6Br4O2.Na/c7-1-2(8)6(12)4(10)3(9)5(1)11;. The molecule has 0 atom stereocenters. The minimum Gasteiger partial charge on any atom is -0.287 e. The van der Waals surface area contributed by atoms with Gasteiger partial charge in [-0.15, -0.1) is 0 Å². The van der Waals surface area contributed by atoms with Gasteiger partial charge in [0.1, 0.15) is 0 Å². The Morgan fingerprint density at radius 2 is 0.769 bits per heavy atom. The summed E-state index contributed by atoms with van der Waals surface area (Å²) in [4.78, 5) is 22.5. The van der Waals surface area contributed by atoms with Crippen LogP contribution in [0.25, 0.3) is 0 Å². The second-order valence-corrected chi connectivity index (χ2v) is 5.09. The molecule has 13 heavy (non-hydrogen) atoms. The van der Waals surface area contributed by atoms with Crippen molar-refractivity contribution in [2.24, 2.45) is 0 Å². The quantitative estimate of drug-likeness (QED) is 0.424. The number of carbonyl (C=O) groups is 2. The summed E-state index contributed by atoms with van der Waals surface area (Å²) in [7, 11) is 0. The van der Waals surface area contributed by atoms with Crippen LogP contribution < -0.4 is 0 Å². The van der Waals surface area contributed by atoms with E-state index in [4.69, 9.17) is 0 Å². The normalized spacial score (nSPS) is 17.8. The second kappa shape index (κ2) is 5.72. The maximum absolute atomic E-state index is 11.3. The predicted molar refractivity (Wildman–Crippen MR) is 65.5 cm³/mol. The van der Waals surface area contributed by atoms with E-state index in [0.717, 1.165) is 0 Å². The van der Waals surface area contributed by atoms with Crippen LogP contribution >= 0.6 is 63.7 Å². The molecule has 0 fully saturated rings. The molecule has 0 saturated heterocycles. The predicted octanol–water partition coefficient (Wildman–Crippen LogP) is 2.76. The molecule has 1 aliphatic carbocycles. The summed E-state index contributed by atoms with van der Waals surface area (Å²) in [6, 6.07) is 0. The zero-order valence-corrected chi connectivity index (χ0v) is 14.7. The Hall–Kier alpha value is 1.74. The van der Waals surface area contributed by atoms with Gasteiger partial charge in [0.15, 0.2) is 0 Å². The molecule has 1 radical (unpaired) electrons. The number of carbonyl (C=O) groups excluding carboxylic acids is 2. The van der Waals surface area contributed by atoms with Crippen LogP contribution in [0.3, 0.4) is 0 Å². The molecule has 1 rings (SSSR count). The third-order valence-corrected chi connectivity index (χ3v) is 5.27. The first-order valence-corrected chi connectivity index (χ1v) is 5.84. The van der Waals surface area contributed by atoms with Gasteiger partial charge in [-0.1, -0.05) is 0 Å². The Balaban J connectivity index is 0.00000144. The van der Waals surface area contributed by atoms with E-state index in [1.165, 1.54) is 0 Å². The van der Waals surface area contributed by atoms with E-state index in [0.29, 0.717) is 0 Å². The summed E-state index contributed by atoms with van der Waals surface area (Å²) >= 11 is 12.0. The van der Waals surface area contributed by atoms with Crippen molar-refractivity contribution in [2.75, 3.05) is 0 Å². The Labute approximate surface area is 130 Å². The third kappa shape index (κ3) is 2.86. The van der Waals surface area contributed by atoms with E-state index in [2.05, 4.69) is 63.7 Å². The first-order chi connectivity index (χ1) is 5.46. The van der Waals surface area contributed by atoms with Crippen molar-refractivity contribution in [1.29, 1.82) is 0 Å². The molecule has 0 aliphatic heterocycles. The van der Waals surface area contributed by atoms with Crippen LogP contribution in [-0.2, 0) is 9.59 Å². The molecular weight excluding hydrogens is 447 g/mol. The van der Waals surface area contributed by atoms with Gasteiger partial charge in [-0.2, -0.15) is 0 Å². The molecule has 0 aromatic carbocycles. The van der Waals surface area contributed by atoms with Crippen LogP contribution in [0.1, 0.15) is 0 Å². The van der Waals surface area contributed by atoms with Crippen molar-refractivity contribution in [3.63, 3.8) is 0 Å². The van der Waals surface area contributed by atoms with Crippen molar-refractivity contribution < 1.29 is 9.59 Å². The number of hydrogen-bond acceptors (Lipinski definition) is 2. The van der Waals surface area contributed by atoms with E-state index in [-0.39, 0.29) is 59.1 Å². The zero-order chi connectivity index (χ0) is 9.46. The fourth-order valence-corrected chi connectivity index (χ4v) is 2.64. The summed E-state index contributed by atoms with van der Waals surface area (Å²) in [5, 5.41) is 0. The first kappa shape index (κ1) is 14.7. The Bertz CT molecular complexity index is 283. The van der Waals surface area contributed by atoms with Crippen LogP contribution in [0.2, 0.25) is 0 Å². The first-order valence-electron chi connectivity index (χ1n) is 2.66. The van der Waals surface area contributed by atoms with Crippen LogP contribution in [0.15, 0.2) is 17.9 Å². The van der Waals surface area contributed by atoms with Gasteiger partial charge in [-0.3, -0.25) is 9.59 Å². The van der Waals surface area contributed by atoms with Gasteiger partial charge < -0.3 is 0 Å². The molecule has 0 bridgehead atoms. The van der Waals surface area contributed by atoms with Gasteiger partial charge in [0.2, 0.25) is 11.6 Å². The van der Waals surface area contributed by atoms with Gasteiger partial charge in [0.25, 0.3) is 0 Å². The van der Waals surface area contributed by atoms with Crippen LogP contribution in [-0.4, -0.2) is 41.1 Å². The molecule has 0 saturated carbocycles. The van der Waals surface area contributed by atoms with Crippen molar-refractivity contribution in [2.45, 2.75) is 0 Å². The minimum atomic E-state index is -0.256. The van der Waals surface area contributed by atoms with E-state index < -0.39 is 0 Å². The summed E-state index contributed by atoms with van der Waals surface area (Å²) in [5.74, 6) is -0.512. The van der Waals surface area contributed by atoms with Gasteiger partial charge in [0.05, 0.1) is 17.9 Å². The fraction of sp³-hybridized carbons (Fsp3) is 0. The number of hydrogen-bond donors (Lipinski definition) is 0. The smallest absolute Gasteiger partial charge is 0.209 e. The van der Waals surface area contributed by atoms with Gasteiger partial charge in [-0.05, 0) is 63.7 Å². The molecule has 0 aromatic rings.